The first kappa shape index (κ1) is 13.1. The fraction of sp³-hybridized carbons (Fsp3) is 0.333. The van der Waals surface area contributed by atoms with Gasteiger partial charge in [-0.25, -0.2) is 0 Å². The third kappa shape index (κ3) is 2.41. The number of nitrogens with zero attached hydrogens (tertiary/aromatic N) is 2. The Morgan fingerprint density at radius 2 is 2.35 bits per heavy atom. The normalized spacial score (nSPS) is 15.0. The molecule has 5 heteroatoms. The number of hydrogen-bond donors (Lipinski definition) is 1. The topological polar surface area (TPSA) is 45.2 Å². The summed E-state index contributed by atoms with van der Waals surface area (Å²) >= 11 is 1.65. The molecule has 2 aromatic rings. The molecule has 20 heavy (non-hydrogen) atoms. The van der Waals surface area contributed by atoms with Crippen molar-refractivity contribution in [3.63, 3.8) is 0 Å². The molecular weight excluding hydrogens is 270 g/mol. The van der Waals surface area contributed by atoms with Gasteiger partial charge in [0, 0.05) is 35.9 Å². The van der Waals surface area contributed by atoms with Gasteiger partial charge in [-0.15, -0.1) is 11.3 Å². The number of benzene rings is 1. The molecule has 1 amide bonds. The average molecular weight is 287 g/mol. The van der Waals surface area contributed by atoms with Crippen molar-refractivity contribution in [3.8, 4) is 0 Å². The molecule has 3 rings (SSSR count). The van der Waals surface area contributed by atoms with Gasteiger partial charge in [0.15, 0.2) is 0 Å². The number of aromatic nitrogens is 1. The molecule has 1 aromatic heterocycles. The number of anilines is 2. The van der Waals surface area contributed by atoms with E-state index in [0.717, 1.165) is 24.3 Å². The van der Waals surface area contributed by atoms with Gasteiger partial charge in [-0.2, -0.15) is 0 Å². The molecule has 0 spiro atoms. The van der Waals surface area contributed by atoms with E-state index in [1.54, 1.807) is 18.3 Å². The van der Waals surface area contributed by atoms with Gasteiger partial charge < -0.3 is 10.2 Å². The highest BCUT2D eigenvalue weighted by molar-refractivity contribution is 7.09. The summed E-state index contributed by atoms with van der Waals surface area (Å²) < 4.78 is 0. The molecule has 0 saturated carbocycles. The van der Waals surface area contributed by atoms with E-state index in [-0.39, 0.29) is 11.9 Å². The van der Waals surface area contributed by atoms with Gasteiger partial charge in [0.25, 0.3) is 0 Å². The van der Waals surface area contributed by atoms with E-state index in [1.807, 2.05) is 28.7 Å². The summed E-state index contributed by atoms with van der Waals surface area (Å²) in [6.07, 6.45) is 2.83. The molecule has 0 bridgehead atoms. The Balaban J connectivity index is 1.78. The van der Waals surface area contributed by atoms with Crippen LogP contribution in [0.5, 0.6) is 0 Å². The highest BCUT2D eigenvalue weighted by Gasteiger charge is 2.22. The Kier molecular flexibility index (Phi) is 3.44. The summed E-state index contributed by atoms with van der Waals surface area (Å²) in [5, 5.41) is 3.49. The van der Waals surface area contributed by atoms with Crippen molar-refractivity contribution in [2.24, 2.45) is 0 Å². The molecule has 104 valence electrons. The predicted octanol–water partition coefficient (Wildman–Crippen LogP) is 3.23. The quantitative estimate of drug-likeness (QED) is 0.942. The summed E-state index contributed by atoms with van der Waals surface area (Å²) in [6, 6.07) is 6.46. The van der Waals surface area contributed by atoms with Crippen LogP contribution in [0.3, 0.4) is 0 Å². The van der Waals surface area contributed by atoms with Gasteiger partial charge >= 0.3 is 0 Å². The maximum atomic E-state index is 11.5. The summed E-state index contributed by atoms with van der Waals surface area (Å²) in [5.41, 5.74) is 5.23. The first-order valence-corrected chi connectivity index (χ1v) is 7.59. The zero-order valence-corrected chi connectivity index (χ0v) is 12.4. The number of hydrogen-bond acceptors (Lipinski definition) is 4. The number of carbonyl (C=O) groups excluding carboxylic acids is 1. The number of carbonyl (C=O) groups is 1. The largest absolute Gasteiger partial charge is 0.378 e. The average Bonchev–Trinajstić information content (AvgIpc) is 3.07. The maximum Gasteiger partial charge on any atom is 0.223 e. The van der Waals surface area contributed by atoms with Crippen LogP contribution in [0.4, 0.5) is 11.4 Å². The summed E-state index contributed by atoms with van der Waals surface area (Å²) in [6.45, 7) is 4.54. The molecule has 1 aliphatic heterocycles. The number of nitrogens with one attached hydrogen (secondary N) is 1. The zero-order valence-electron chi connectivity index (χ0n) is 11.6. The molecule has 1 unspecified atom stereocenters. The van der Waals surface area contributed by atoms with Crippen LogP contribution in [0.25, 0.3) is 0 Å². The highest BCUT2D eigenvalue weighted by Crippen LogP contribution is 2.32. The van der Waals surface area contributed by atoms with Crippen molar-refractivity contribution >= 4 is 28.6 Å². The van der Waals surface area contributed by atoms with Crippen molar-refractivity contribution in [3.05, 3.63) is 40.3 Å². The van der Waals surface area contributed by atoms with E-state index in [1.165, 1.54) is 10.4 Å². The lowest BCUT2D eigenvalue weighted by molar-refractivity contribution is -0.116. The van der Waals surface area contributed by atoms with E-state index in [0.29, 0.717) is 0 Å². The van der Waals surface area contributed by atoms with Crippen molar-refractivity contribution in [2.45, 2.75) is 26.3 Å². The van der Waals surface area contributed by atoms with Crippen molar-refractivity contribution < 1.29 is 4.79 Å². The minimum absolute atomic E-state index is 0.113. The molecule has 1 aliphatic rings. The lowest BCUT2D eigenvalue weighted by Crippen LogP contribution is -2.25. The molecule has 2 heterocycles. The molecule has 0 aliphatic carbocycles. The molecule has 0 saturated heterocycles. The third-order valence-electron chi connectivity index (χ3n) is 3.62. The molecule has 0 radical (unpaired) electrons. The lowest BCUT2D eigenvalue weighted by Gasteiger charge is -2.17. The van der Waals surface area contributed by atoms with Gasteiger partial charge in [-0.3, -0.25) is 9.78 Å². The molecule has 1 atom stereocenters. The van der Waals surface area contributed by atoms with Crippen LogP contribution < -0.4 is 10.2 Å². The van der Waals surface area contributed by atoms with Crippen LogP contribution in [0.2, 0.25) is 0 Å². The summed E-state index contributed by atoms with van der Waals surface area (Å²) in [4.78, 5) is 18.7. The molecule has 4 nitrogen and oxygen atoms in total. The second kappa shape index (κ2) is 5.25. The minimum atomic E-state index is 0.113. The van der Waals surface area contributed by atoms with Gasteiger partial charge in [0.1, 0.15) is 0 Å². The molecular formula is C15H17N3OS. The summed E-state index contributed by atoms with van der Waals surface area (Å²) in [5.74, 6) is 0.113. The van der Waals surface area contributed by atoms with E-state index >= 15 is 0 Å². The fourth-order valence-corrected chi connectivity index (χ4v) is 3.21. The maximum absolute atomic E-state index is 11.5. The second-order valence-electron chi connectivity index (χ2n) is 5.03. The van der Waals surface area contributed by atoms with E-state index in [2.05, 4.69) is 23.3 Å². The van der Waals surface area contributed by atoms with Gasteiger partial charge in [-0.1, -0.05) is 0 Å². The van der Waals surface area contributed by atoms with Gasteiger partial charge in [-0.05, 0) is 37.1 Å². The third-order valence-corrected chi connectivity index (χ3v) is 4.57. The van der Waals surface area contributed by atoms with Gasteiger partial charge in [0.2, 0.25) is 5.91 Å². The van der Waals surface area contributed by atoms with Crippen LogP contribution >= 0.6 is 11.3 Å². The number of thiazole rings is 1. The predicted molar refractivity (Wildman–Crippen MR) is 82.3 cm³/mol. The Bertz CT molecular complexity index is 624. The first-order valence-electron chi connectivity index (χ1n) is 6.71. The van der Waals surface area contributed by atoms with Crippen molar-refractivity contribution in [2.75, 3.05) is 16.8 Å². The molecule has 1 aromatic carbocycles. The second-order valence-corrected chi connectivity index (χ2v) is 5.95. The van der Waals surface area contributed by atoms with Crippen LogP contribution in [0.15, 0.2) is 29.9 Å². The van der Waals surface area contributed by atoms with Crippen molar-refractivity contribution in [1.82, 2.24) is 4.98 Å². The standard InChI is InChI=1S/C15H17N3OS/c1-10(15-8-16-9-20-15)17-13-3-4-14-12(7-13)5-6-18(14)11(2)19/h3-4,7-10,17H,5-6H2,1-2H3. The Hall–Kier alpha value is -1.88. The number of rotatable bonds is 3. The number of amides is 1. The van der Waals surface area contributed by atoms with Crippen LogP contribution in [-0.4, -0.2) is 17.4 Å². The van der Waals surface area contributed by atoms with Crippen molar-refractivity contribution in [1.29, 1.82) is 0 Å². The van der Waals surface area contributed by atoms with E-state index < -0.39 is 0 Å². The van der Waals surface area contributed by atoms with Crippen LogP contribution in [0.1, 0.15) is 30.3 Å². The lowest BCUT2D eigenvalue weighted by atomic mass is 10.1. The Morgan fingerprint density at radius 3 is 3.05 bits per heavy atom. The molecule has 1 N–H and O–H groups in total. The van der Waals surface area contributed by atoms with Crippen LogP contribution in [-0.2, 0) is 11.2 Å². The molecule has 0 fully saturated rings. The van der Waals surface area contributed by atoms with Gasteiger partial charge in [0.05, 0.1) is 11.6 Å². The fourth-order valence-electron chi connectivity index (χ4n) is 2.58. The van der Waals surface area contributed by atoms with E-state index in [9.17, 15) is 4.79 Å². The SMILES string of the molecule is CC(=O)N1CCc2cc(NC(C)c3cncs3)ccc21. The van der Waals surface area contributed by atoms with E-state index in [4.69, 9.17) is 0 Å². The highest BCUT2D eigenvalue weighted by atomic mass is 32.1. The first-order chi connectivity index (χ1) is 9.65. The zero-order chi connectivity index (χ0) is 14.1. The Labute approximate surface area is 122 Å². The monoisotopic (exact) mass is 287 g/mol. The van der Waals surface area contributed by atoms with Crippen LogP contribution in [0, 0.1) is 0 Å². The Morgan fingerprint density at radius 1 is 1.50 bits per heavy atom. The minimum Gasteiger partial charge on any atom is -0.378 e. The summed E-state index contributed by atoms with van der Waals surface area (Å²) in [7, 11) is 0. The smallest absolute Gasteiger partial charge is 0.223 e. The number of fused-ring (bicyclic) bond motifs is 1.